The van der Waals surface area contributed by atoms with Crippen LogP contribution in [0.4, 0.5) is 0 Å². The second-order valence-corrected chi connectivity index (χ2v) is 7.62. The quantitative estimate of drug-likeness (QED) is 0.607. The number of nitrogens with one attached hydrogen (secondary N) is 1. The Bertz CT molecular complexity index is 998. The summed E-state index contributed by atoms with van der Waals surface area (Å²) in [7, 11) is 0. The molecule has 1 N–H and O–H groups in total. The maximum atomic E-state index is 12.9. The number of morpholine rings is 1. The van der Waals surface area contributed by atoms with Crippen LogP contribution in [-0.2, 0) is 11.3 Å². The minimum absolute atomic E-state index is 0.119. The van der Waals surface area contributed by atoms with Crippen molar-refractivity contribution in [1.29, 1.82) is 0 Å². The Hall–Kier alpha value is -3.16. The summed E-state index contributed by atoms with van der Waals surface area (Å²) in [5.74, 6) is 0.695. The van der Waals surface area contributed by atoms with Gasteiger partial charge in [0, 0.05) is 38.6 Å². The molecule has 4 rings (SSSR count). The molecule has 2 aromatic carbocycles. The van der Waals surface area contributed by atoms with Gasteiger partial charge in [-0.1, -0.05) is 23.8 Å². The van der Waals surface area contributed by atoms with Crippen LogP contribution in [0.3, 0.4) is 0 Å². The highest BCUT2D eigenvalue weighted by Gasteiger charge is 2.13. The number of hydrogen-bond donors (Lipinski definition) is 1. The molecule has 1 aromatic heterocycles. The van der Waals surface area contributed by atoms with E-state index >= 15 is 0 Å². The van der Waals surface area contributed by atoms with Crippen molar-refractivity contribution >= 4 is 5.91 Å². The number of carbonyl (C=O) groups is 1. The number of carbonyl (C=O) groups excluding carboxylic acids is 1. The number of rotatable bonds is 8. The Balaban J connectivity index is 1.35. The summed E-state index contributed by atoms with van der Waals surface area (Å²) in [5, 5.41) is 3.03. The number of hydrogen-bond acceptors (Lipinski definition) is 5. The normalized spacial score (nSPS) is 14.4. The summed E-state index contributed by atoms with van der Waals surface area (Å²) in [4.78, 5) is 19.4. The van der Waals surface area contributed by atoms with Crippen molar-refractivity contribution in [2.75, 3.05) is 39.5 Å². The van der Waals surface area contributed by atoms with Gasteiger partial charge in [-0.15, -0.1) is 0 Å². The smallest absolute Gasteiger partial charge is 0.253 e. The Morgan fingerprint density at radius 3 is 2.87 bits per heavy atom. The van der Waals surface area contributed by atoms with Crippen LogP contribution in [-0.4, -0.2) is 59.8 Å². The van der Waals surface area contributed by atoms with Crippen molar-refractivity contribution < 1.29 is 14.3 Å². The Labute approximate surface area is 182 Å². The van der Waals surface area contributed by atoms with E-state index in [2.05, 4.69) is 15.2 Å². The monoisotopic (exact) mass is 420 g/mol. The lowest BCUT2D eigenvalue weighted by Crippen LogP contribution is -2.38. The van der Waals surface area contributed by atoms with Gasteiger partial charge in [-0.2, -0.15) is 0 Å². The van der Waals surface area contributed by atoms with E-state index in [-0.39, 0.29) is 5.91 Å². The molecule has 31 heavy (non-hydrogen) atoms. The first-order valence-electron chi connectivity index (χ1n) is 10.6. The largest absolute Gasteiger partial charge is 0.492 e. The van der Waals surface area contributed by atoms with E-state index in [9.17, 15) is 4.79 Å². The van der Waals surface area contributed by atoms with Gasteiger partial charge in [0.25, 0.3) is 5.91 Å². The summed E-state index contributed by atoms with van der Waals surface area (Å²) >= 11 is 0. The summed E-state index contributed by atoms with van der Waals surface area (Å²) in [6.45, 7) is 7.41. The average Bonchev–Trinajstić information content (AvgIpc) is 3.33. The lowest BCUT2D eigenvalue weighted by molar-refractivity contribution is 0.0322. The van der Waals surface area contributed by atoms with Gasteiger partial charge in [0.1, 0.15) is 12.4 Å². The number of benzene rings is 2. The number of amides is 1. The fourth-order valence-electron chi connectivity index (χ4n) is 3.60. The molecule has 0 radical (unpaired) electrons. The highest BCUT2D eigenvalue weighted by molar-refractivity contribution is 5.98. The Morgan fingerprint density at radius 2 is 2.06 bits per heavy atom. The van der Waals surface area contributed by atoms with Crippen LogP contribution in [0.2, 0.25) is 0 Å². The molecule has 0 atom stereocenters. The van der Waals surface area contributed by atoms with E-state index < -0.39 is 0 Å². The first-order chi connectivity index (χ1) is 15.2. The highest BCUT2D eigenvalue weighted by Crippen LogP contribution is 2.18. The molecule has 0 spiro atoms. The van der Waals surface area contributed by atoms with E-state index in [1.165, 1.54) is 0 Å². The summed E-state index contributed by atoms with van der Waals surface area (Å²) < 4.78 is 13.1. The number of aromatic nitrogens is 2. The van der Waals surface area contributed by atoms with Crippen molar-refractivity contribution in [2.24, 2.45) is 0 Å². The van der Waals surface area contributed by atoms with Gasteiger partial charge in [0.15, 0.2) is 0 Å². The molecule has 2 heterocycles. The lowest BCUT2D eigenvalue weighted by Gasteiger charge is -2.26. The van der Waals surface area contributed by atoms with Crippen LogP contribution in [0.15, 0.2) is 61.2 Å². The van der Waals surface area contributed by atoms with E-state index in [1.54, 1.807) is 12.5 Å². The molecule has 0 bridgehead atoms. The second-order valence-electron chi connectivity index (χ2n) is 7.62. The van der Waals surface area contributed by atoms with E-state index in [1.807, 2.05) is 60.2 Å². The second kappa shape index (κ2) is 10.2. The Kier molecular flexibility index (Phi) is 6.96. The molecule has 1 fully saturated rings. The molecular weight excluding hydrogens is 392 g/mol. The van der Waals surface area contributed by atoms with Gasteiger partial charge in [0.05, 0.1) is 30.8 Å². The average molecular weight is 421 g/mol. The number of nitrogens with zero attached hydrogens (tertiary/aromatic N) is 3. The molecule has 162 valence electrons. The molecule has 1 aliphatic rings. The summed E-state index contributed by atoms with van der Waals surface area (Å²) in [5.41, 5.74) is 3.45. The molecule has 1 saturated heterocycles. The topological polar surface area (TPSA) is 68.6 Å². The molecule has 0 saturated carbocycles. The predicted molar refractivity (Wildman–Crippen MR) is 119 cm³/mol. The van der Waals surface area contributed by atoms with Gasteiger partial charge in [-0.05, 0) is 36.8 Å². The van der Waals surface area contributed by atoms with Gasteiger partial charge in [0.2, 0.25) is 0 Å². The molecule has 0 aliphatic carbocycles. The zero-order valence-corrected chi connectivity index (χ0v) is 17.8. The van der Waals surface area contributed by atoms with Crippen LogP contribution in [0, 0.1) is 6.92 Å². The number of imidazole rings is 1. The number of aryl methyl sites for hydroxylation is 1. The molecule has 7 heteroatoms. The van der Waals surface area contributed by atoms with Gasteiger partial charge in [-0.25, -0.2) is 4.98 Å². The summed E-state index contributed by atoms with van der Waals surface area (Å²) in [6, 6.07) is 13.7. The molecule has 3 aromatic rings. The van der Waals surface area contributed by atoms with Crippen molar-refractivity contribution in [3.63, 3.8) is 0 Å². The van der Waals surface area contributed by atoms with Crippen molar-refractivity contribution in [3.8, 4) is 11.4 Å². The minimum Gasteiger partial charge on any atom is -0.492 e. The molecule has 7 nitrogen and oxygen atoms in total. The third-order valence-electron chi connectivity index (χ3n) is 5.31. The van der Waals surface area contributed by atoms with Crippen molar-refractivity contribution in [1.82, 2.24) is 19.8 Å². The predicted octanol–water partition coefficient (Wildman–Crippen LogP) is 2.82. The maximum absolute atomic E-state index is 12.9. The third kappa shape index (κ3) is 5.71. The standard InChI is InChI=1S/C24H28N4O3/c1-19-5-6-23(28-8-7-25-18-28)22(15-19)24(29)26-17-20-3-2-4-21(16-20)31-14-11-27-9-12-30-13-10-27/h2-8,15-16,18H,9-14,17H2,1H3,(H,26,29). The van der Waals surface area contributed by atoms with Gasteiger partial charge in [-0.3, -0.25) is 9.69 Å². The minimum atomic E-state index is -0.119. The van der Waals surface area contributed by atoms with Crippen LogP contribution >= 0.6 is 0 Å². The third-order valence-corrected chi connectivity index (χ3v) is 5.31. The van der Waals surface area contributed by atoms with Crippen LogP contribution in [0.1, 0.15) is 21.5 Å². The highest BCUT2D eigenvalue weighted by atomic mass is 16.5. The fourth-order valence-corrected chi connectivity index (χ4v) is 3.60. The zero-order chi connectivity index (χ0) is 21.5. The Morgan fingerprint density at radius 1 is 1.19 bits per heavy atom. The van der Waals surface area contributed by atoms with Crippen LogP contribution in [0.5, 0.6) is 5.75 Å². The number of ether oxygens (including phenoxy) is 2. The van der Waals surface area contributed by atoms with Gasteiger partial charge >= 0.3 is 0 Å². The van der Waals surface area contributed by atoms with E-state index in [0.29, 0.717) is 18.7 Å². The van der Waals surface area contributed by atoms with Crippen molar-refractivity contribution in [3.05, 3.63) is 77.9 Å². The molecule has 0 unspecified atom stereocenters. The fraction of sp³-hybridized carbons (Fsp3) is 0.333. The molecular formula is C24H28N4O3. The van der Waals surface area contributed by atoms with Crippen LogP contribution < -0.4 is 10.1 Å². The maximum Gasteiger partial charge on any atom is 0.253 e. The first kappa shape index (κ1) is 21.1. The van der Waals surface area contributed by atoms with E-state index in [4.69, 9.17) is 9.47 Å². The van der Waals surface area contributed by atoms with Crippen molar-refractivity contribution in [2.45, 2.75) is 13.5 Å². The lowest BCUT2D eigenvalue weighted by atomic mass is 10.1. The van der Waals surface area contributed by atoms with Crippen LogP contribution in [0.25, 0.3) is 5.69 Å². The molecule has 1 amide bonds. The van der Waals surface area contributed by atoms with Gasteiger partial charge < -0.3 is 19.4 Å². The summed E-state index contributed by atoms with van der Waals surface area (Å²) in [6.07, 6.45) is 5.23. The zero-order valence-electron chi connectivity index (χ0n) is 17.8. The van der Waals surface area contributed by atoms with E-state index in [0.717, 1.165) is 55.4 Å². The SMILES string of the molecule is Cc1ccc(-n2ccnc2)c(C(=O)NCc2cccc(OCCN3CCOCC3)c2)c1. The first-order valence-corrected chi connectivity index (χ1v) is 10.6. The molecule has 1 aliphatic heterocycles.